The molecule has 0 aliphatic rings. The molecular weight excluding hydrogens is 260 g/mol. The van der Waals surface area contributed by atoms with E-state index in [0.29, 0.717) is 21.3 Å². The van der Waals surface area contributed by atoms with Gasteiger partial charge in [-0.05, 0) is 25.1 Å². The van der Waals surface area contributed by atoms with Gasteiger partial charge in [0.05, 0.1) is 0 Å². The zero-order valence-corrected chi connectivity index (χ0v) is 10.5. The summed E-state index contributed by atoms with van der Waals surface area (Å²) in [6.45, 7) is 1.69. The number of carbonyl (C=O) groups is 1. The maximum Gasteiger partial charge on any atom is 0.305 e. The highest BCUT2D eigenvalue weighted by Gasteiger charge is 2.13. The van der Waals surface area contributed by atoms with Gasteiger partial charge in [0.25, 0.3) is 5.91 Å². The molecule has 0 aliphatic carbocycles. The number of rotatable bonds is 2. The van der Waals surface area contributed by atoms with E-state index < -0.39 is 0 Å². The predicted molar refractivity (Wildman–Crippen MR) is 69.1 cm³/mol. The zero-order valence-electron chi connectivity index (χ0n) is 8.91. The van der Waals surface area contributed by atoms with Gasteiger partial charge in [-0.25, -0.2) is 0 Å². The van der Waals surface area contributed by atoms with Crippen molar-refractivity contribution in [3.8, 4) is 0 Å². The number of hydrogen-bond donors (Lipinski definition) is 2. The number of nitrogens with one attached hydrogen (secondary N) is 2. The molecule has 2 aromatic rings. The third-order valence-corrected chi connectivity index (χ3v) is 3.33. The molecule has 0 saturated heterocycles. The number of aromatic nitrogens is 1. The van der Waals surface area contributed by atoms with Gasteiger partial charge in [0, 0.05) is 16.4 Å². The fraction of sp³-hybridized carbons (Fsp3) is 0.0909. The smallest absolute Gasteiger partial charge is 0.305 e. The summed E-state index contributed by atoms with van der Waals surface area (Å²) in [5.41, 5.74) is 1.17. The van der Waals surface area contributed by atoms with Gasteiger partial charge in [-0.2, -0.15) is 0 Å². The van der Waals surface area contributed by atoms with Crippen LogP contribution in [0.1, 0.15) is 15.4 Å². The van der Waals surface area contributed by atoms with Crippen LogP contribution in [0, 0.1) is 6.92 Å². The SMILES string of the molecule is Cc1[nH]c(=O)sc1C(=O)Nc1cccc(Cl)c1. The highest BCUT2D eigenvalue weighted by atomic mass is 35.5. The van der Waals surface area contributed by atoms with Crippen molar-refractivity contribution in [2.75, 3.05) is 5.32 Å². The molecule has 88 valence electrons. The van der Waals surface area contributed by atoms with Crippen LogP contribution in [0.25, 0.3) is 0 Å². The highest BCUT2D eigenvalue weighted by molar-refractivity contribution is 7.11. The minimum absolute atomic E-state index is 0.237. The van der Waals surface area contributed by atoms with Crippen molar-refractivity contribution in [2.24, 2.45) is 0 Å². The Hall–Kier alpha value is -1.59. The molecule has 6 heteroatoms. The fourth-order valence-corrected chi connectivity index (χ4v) is 2.30. The third-order valence-electron chi connectivity index (χ3n) is 2.11. The standard InChI is InChI=1S/C11H9ClN2O2S/c1-6-9(17-11(16)13-6)10(15)14-8-4-2-3-7(12)5-8/h2-5H,1H3,(H,13,16)(H,14,15). The Morgan fingerprint density at radius 1 is 1.47 bits per heavy atom. The molecule has 2 rings (SSSR count). The van der Waals surface area contributed by atoms with Gasteiger partial charge in [-0.15, -0.1) is 0 Å². The number of amides is 1. The van der Waals surface area contributed by atoms with Gasteiger partial charge in [0.1, 0.15) is 4.88 Å². The van der Waals surface area contributed by atoms with Crippen LogP contribution in [0.15, 0.2) is 29.1 Å². The second-order valence-corrected chi connectivity index (χ2v) is 4.85. The minimum Gasteiger partial charge on any atom is -0.321 e. The summed E-state index contributed by atoms with van der Waals surface area (Å²) < 4.78 is 0. The van der Waals surface area contributed by atoms with Crippen LogP contribution in [0.4, 0.5) is 5.69 Å². The lowest BCUT2D eigenvalue weighted by atomic mass is 10.3. The van der Waals surface area contributed by atoms with Crippen molar-refractivity contribution < 1.29 is 4.79 Å². The first-order chi connectivity index (χ1) is 8.06. The predicted octanol–water partition coefficient (Wildman–Crippen LogP) is 2.65. The number of carbonyl (C=O) groups excluding carboxylic acids is 1. The number of aryl methyl sites for hydroxylation is 1. The molecule has 0 fully saturated rings. The number of hydrogen-bond acceptors (Lipinski definition) is 3. The minimum atomic E-state index is -0.312. The average molecular weight is 269 g/mol. The van der Waals surface area contributed by atoms with E-state index in [1.165, 1.54) is 0 Å². The monoisotopic (exact) mass is 268 g/mol. The van der Waals surface area contributed by atoms with E-state index >= 15 is 0 Å². The van der Waals surface area contributed by atoms with E-state index in [2.05, 4.69) is 10.3 Å². The summed E-state index contributed by atoms with van der Waals surface area (Å²) in [7, 11) is 0. The Morgan fingerprint density at radius 2 is 2.24 bits per heavy atom. The van der Waals surface area contributed by atoms with Gasteiger partial charge < -0.3 is 10.3 Å². The summed E-state index contributed by atoms with van der Waals surface area (Å²) in [5, 5.41) is 3.22. The van der Waals surface area contributed by atoms with Crippen LogP contribution < -0.4 is 10.2 Å². The molecule has 0 unspecified atom stereocenters. The lowest BCUT2D eigenvalue weighted by molar-refractivity contribution is 0.103. The second kappa shape index (κ2) is 4.73. The van der Waals surface area contributed by atoms with Crippen molar-refractivity contribution in [1.82, 2.24) is 4.98 Å². The van der Waals surface area contributed by atoms with Crippen LogP contribution in [0.2, 0.25) is 5.02 Å². The first kappa shape index (κ1) is 11.9. The molecule has 1 amide bonds. The number of anilines is 1. The van der Waals surface area contributed by atoms with Crippen molar-refractivity contribution in [2.45, 2.75) is 6.92 Å². The maximum absolute atomic E-state index is 11.9. The molecule has 17 heavy (non-hydrogen) atoms. The maximum atomic E-state index is 11.9. The lowest BCUT2D eigenvalue weighted by Gasteiger charge is -2.03. The topological polar surface area (TPSA) is 62.0 Å². The second-order valence-electron chi connectivity index (χ2n) is 3.43. The van der Waals surface area contributed by atoms with E-state index in [1.807, 2.05) is 0 Å². The Morgan fingerprint density at radius 3 is 2.82 bits per heavy atom. The number of halogens is 1. The summed E-state index contributed by atoms with van der Waals surface area (Å²) in [5.74, 6) is -0.312. The van der Waals surface area contributed by atoms with Gasteiger partial charge in [-0.3, -0.25) is 9.59 Å². The third kappa shape index (κ3) is 2.75. The molecule has 1 heterocycles. The van der Waals surface area contributed by atoms with Gasteiger partial charge in [0.15, 0.2) is 0 Å². The molecule has 0 bridgehead atoms. The molecule has 1 aromatic heterocycles. The van der Waals surface area contributed by atoms with E-state index in [1.54, 1.807) is 31.2 Å². The van der Waals surface area contributed by atoms with Gasteiger partial charge in [0.2, 0.25) is 0 Å². The molecule has 2 N–H and O–H groups in total. The first-order valence-corrected chi connectivity index (χ1v) is 6.02. The number of aromatic amines is 1. The van der Waals surface area contributed by atoms with Crippen molar-refractivity contribution in [1.29, 1.82) is 0 Å². The highest BCUT2D eigenvalue weighted by Crippen LogP contribution is 2.17. The van der Waals surface area contributed by atoms with Crippen molar-refractivity contribution in [3.63, 3.8) is 0 Å². The molecule has 1 aromatic carbocycles. The number of H-pyrrole nitrogens is 1. The van der Waals surface area contributed by atoms with E-state index in [9.17, 15) is 9.59 Å². The van der Waals surface area contributed by atoms with Crippen molar-refractivity contribution in [3.05, 3.63) is 49.5 Å². The summed E-state index contributed by atoms with van der Waals surface area (Å²) in [6, 6.07) is 6.83. The first-order valence-electron chi connectivity index (χ1n) is 4.83. The van der Waals surface area contributed by atoms with E-state index in [-0.39, 0.29) is 10.8 Å². The van der Waals surface area contributed by atoms with Crippen LogP contribution in [0.3, 0.4) is 0 Å². The Bertz CT molecular complexity index is 618. The lowest BCUT2D eigenvalue weighted by Crippen LogP contribution is -2.11. The normalized spacial score (nSPS) is 10.2. The Balaban J connectivity index is 2.23. The molecule has 0 spiro atoms. The van der Waals surface area contributed by atoms with Crippen LogP contribution in [0.5, 0.6) is 0 Å². The van der Waals surface area contributed by atoms with Crippen LogP contribution in [-0.2, 0) is 0 Å². The van der Waals surface area contributed by atoms with Gasteiger partial charge in [-0.1, -0.05) is 29.0 Å². The Labute approximate surface area is 106 Å². The molecular formula is C11H9ClN2O2S. The molecule has 4 nitrogen and oxygen atoms in total. The number of benzene rings is 1. The molecule has 0 radical (unpaired) electrons. The van der Waals surface area contributed by atoms with Crippen LogP contribution in [-0.4, -0.2) is 10.9 Å². The largest absolute Gasteiger partial charge is 0.321 e. The van der Waals surface area contributed by atoms with E-state index in [4.69, 9.17) is 11.6 Å². The zero-order chi connectivity index (χ0) is 12.4. The van der Waals surface area contributed by atoms with Crippen molar-refractivity contribution >= 4 is 34.5 Å². The van der Waals surface area contributed by atoms with Gasteiger partial charge >= 0.3 is 4.87 Å². The summed E-state index contributed by atoms with van der Waals surface area (Å²) in [6.07, 6.45) is 0. The quantitative estimate of drug-likeness (QED) is 0.880. The molecule has 0 aliphatic heterocycles. The fourth-order valence-electron chi connectivity index (χ4n) is 1.38. The number of thiazole rings is 1. The Kier molecular flexibility index (Phi) is 3.31. The molecule has 0 saturated carbocycles. The van der Waals surface area contributed by atoms with E-state index in [0.717, 1.165) is 11.3 Å². The summed E-state index contributed by atoms with van der Waals surface area (Å²) >= 11 is 6.69. The summed E-state index contributed by atoms with van der Waals surface area (Å²) in [4.78, 5) is 25.6. The van der Waals surface area contributed by atoms with Crippen LogP contribution >= 0.6 is 22.9 Å². The molecule has 0 atom stereocenters. The average Bonchev–Trinajstić information content (AvgIpc) is 2.58.